The zero-order valence-electron chi connectivity index (χ0n) is 26.0. The number of fused-ring (bicyclic) bond motifs is 7. The van der Waals surface area contributed by atoms with Crippen LogP contribution in [-0.4, -0.2) is 43.6 Å². The SMILES string of the molecule is c1ccc(-c2nc(-c3ccccc3)nc(-n3c4ccccc4c4c3c3c(c5ccccc5n3-c3ncncn3)n4-c3ccccc3)n2)cc1. The maximum Gasteiger partial charge on any atom is 0.238 e. The Kier molecular flexibility index (Phi) is 5.97. The lowest BCUT2D eigenvalue weighted by atomic mass is 10.2. The molecule has 5 aromatic heterocycles. The topological polar surface area (TPSA) is 92.1 Å². The lowest BCUT2D eigenvalue weighted by Crippen LogP contribution is -2.07. The van der Waals surface area contributed by atoms with Gasteiger partial charge >= 0.3 is 0 Å². The first kappa shape index (κ1) is 27.1. The molecule has 49 heavy (non-hydrogen) atoms. The Hall–Kier alpha value is -7.00. The molecule has 0 spiro atoms. The Labute approximate surface area is 279 Å². The van der Waals surface area contributed by atoms with Crippen molar-refractivity contribution in [2.24, 2.45) is 0 Å². The van der Waals surface area contributed by atoms with Gasteiger partial charge in [-0.2, -0.15) is 9.97 Å². The number of rotatable bonds is 5. The van der Waals surface area contributed by atoms with Gasteiger partial charge in [0.1, 0.15) is 23.7 Å². The van der Waals surface area contributed by atoms with Crippen LogP contribution >= 0.6 is 0 Å². The molecule has 9 nitrogen and oxygen atoms in total. The van der Waals surface area contributed by atoms with Gasteiger partial charge in [0.2, 0.25) is 11.9 Å². The molecule has 9 heteroatoms. The fourth-order valence-corrected chi connectivity index (χ4v) is 6.94. The van der Waals surface area contributed by atoms with E-state index in [9.17, 15) is 0 Å². The minimum Gasteiger partial charge on any atom is -0.305 e. The van der Waals surface area contributed by atoms with Crippen LogP contribution in [0.15, 0.2) is 152 Å². The van der Waals surface area contributed by atoms with Crippen molar-refractivity contribution in [3.05, 3.63) is 152 Å². The van der Waals surface area contributed by atoms with Gasteiger partial charge in [-0.25, -0.2) is 19.9 Å². The summed E-state index contributed by atoms with van der Waals surface area (Å²) in [6, 6.07) is 47.4. The third-order valence-electron chi connectivity index (χ3n) is 8.95. The van der Waals surface area contributed by atoms with Crippen molar-refractivity contribution in [3.63, 3.8) is 0 Å². The van der Waals surface area contributed by atoms with E-state index in [4.69, 9.17) is 15.0 Å². The van der Waals surface area contributed by atoms with Crippen molar-refractivity contribution in [2.45, 2.75) is 0 Å². The van der Waals surface area contributed by atoms with E-state index < -0.39 is 0 Å². The highest BCUT2D eigenvalue weighted by Crippen LogP contribution is 2.44. The van der Waals surface area contributed by atoms with E-state index >= 15 is 0 Å². The molecule has 230 valence electrons. The largest absolute Gasteiger partial charge is 0.305 e. The average Bonchev–Trinajstić information content (AvgIpc) is 3.81. The van der Waals surface area contributed by atoms with E-state index in [-0.39, 0.29) is 0 Å². The van der Waals surface area contributed by atoms with Crippen molar-refractivity contribution in [1.29, 1.82) is 0 Å². The van der Waals surface area contributed by atoms with Crippen molar-refractivity contribution in [3.8, 4) is 40.4 Å². The van der Waals surface area contributed by atoms with Crippen LogP contribution in [0.5, 0.6) is 0 Å². The van der Waals surface area contributed by atoms with E-state index in [0.29, 0.717) is 23.5 Å². The molecule has 0 aliphatic carbocycles. The second-order valence-corrected chi connectivity index (χ2v) is 11.7. The smallest absolute Gasteiger partial charge is 0.238 e. The quantitative estimate of drug-likeness (QED) is 0.190. The zero-order valence-corrected chi connectivity index (χ0v) is 26.0. The molecule has 0 aliphatic rings. The number of para-hydroxylation sites is 3. The Balaban J connectivity index is 1.44. The predicted octanol–water partition coefficient (Wildman–Crippen LogP) is 8.38. The van der Waals surface area contributed by atoms with Gasteiger partial charge in [-0.1, -0.05) is 115 Å². The lowest BCUT2D eigenvalue weighted by molar-refractivity contribution is 0.933. The van der Waals surface area contributed by atoms with E-state index in [2.05, 4.69) is 95.4 Å². The van der Waals surface area contributed by atoms with E-state index in [1.165, 1.54) is 12.7 Å². The van der Waals surface area contributed by atoms with E-state index in [1.54, 1.807) is 0 Å². The molecular formula is C40H25N9. The average molecular weight is 632 g/mol. The molecular weight excluding hydrogens is 607 g/mol. The summed E-state index contributed by atoms with van der Waals surface area (Å²) in [5, 5.41) is 2.13. The summed E-state index contributed by atoms with van der Waals surface area (Å²) in [7, 11) is 0. The maximum absolute atomic E-state index is 5.20. The fraction of sp³-hybridized carbons (Fsp3) is 0. The summed E-state index contributed by atoms with van der Waals surface area (Å²) >= 11 is 0. The van der Waals surface area contributed by atoms with Gasteiger partial charge in [-0.3, -0.25) is 9.13 Å². The van der Waals surface area contributed by atoms with E-state index in [0.717, 1.165) is 60.7 Å². The first-order chi connectivity index (χ1) is 24.3. The second-order valence-electron chi connectivity index (χ2n) is 11.7. The number of hydrogen-bond acceptors (Lipinski definition) is 6. The molecule has 5 aromatic carbocycles. The summed E-state index contributed by atoms with van der Waals surface area (Å²) in [4.78, 5) is 28.8. The molecule has 0 radical (unpaired) electrons. The summed E-state index contributed by atoms with van der Waals surface area (Å²) in [5.74, 6) is 2.22. The Morgan fingerprint density at radius 1 is 0.367 bits per heavy atom. The first-order valence-corrected chi connectivity index (χ1v) is 16.0. The Bertz CT molecular complexity index is 2750. The summed E-state index contributed by atoms with van der Waals surface area (Å²) in [5.41, 5.74) is 8.73. The molecule has 5 heterocycles. The van der Waals surface area contributed by atoms with Crippen LogP contribution in [0.2, 0.25) is 0 Å². The molecule has 0 saturated carbocycles. The highest BCUT2D eigenvalue weighted by molar-refractivity contribution is 6.25. The highest BCUT2D eigenvalue weighted by Gasteiger charge is 2.29. The molecule has 10 aromatic rings. The Morgan fingerprint density at radius 3 is 1.35 bits per heavy atom. The molecule has 0 N–H and O–H groups in total. The van der Waals surface area contributed by atoms with Gasteiger partial charge in [0.25, 0.3) is 0 Å². The molecule has 0 unspecified atom stereocenters. The van der Waals surface area contributed by atoms with Gasteiger partial charge in [-0.15, -0.1) is 0 Å². The third kappa shape index (κ3) is 4.12. The van der Waals surface area contributed by atoms with Crippen LogP contribution in [-0.2, 0) is 0 Å². The van der Waals surface area contributed by atoms with Crippen LogP contribution in [0.3, 0.4) is 0 Å². The van der Waals surface area contributed by atoms with Crippen molar-refractivity contribution < 1.29 is 0 Å². The molecule has 0 bridgehead atoms. The van der Waals surface area contributed by atoms with Gasteiger partial charge in [0.15, 0.2) is 11.6 Å². The number of hydrogen-bond donors (Lipinski definition) is 0. The summed E-state index contributed by atoms with van der Waals surface area (Å²) in [6.45, 7) is 0. The number of nitrogens with zero attached hydrogens (tertiary/aromatic N) is 9. The van der Waals surface area contributed by atoms with E-state index in [1.807, 2.05) is 72.8 Å². The molecule has 0 amide bonds. The fourth-order valence-electron chi connectivity index (χ4n) is 6.94. The monoisotopic (exact) mass is 631 g/mol. The number of aromatic nitrogens is 9. The normalized spacial score (nSPS) is 11.7. The predicted molar refractivity (Wildman–Crippen MR) is 192 cm³/mol. The van der Waals surface area contributed by atoms with Crippen LogP contribution < -0.4 is 0 Å². The van der Waals surface area contributed by atoms with Crippen LogP contribution in [0.4, 0.5) is 0 Å². The van der Waals surface area contributed by atoms with Crippen LogP contribution in [0.1, 0.15) is 0 Å². The van der Waals surface area contributed by atoms with Gasteiger partial charge in [-0.05, 0) is 24.3 Å². The minimum atomic E-state index is 0.512. The molecule has 0 aliphatic heterocycles. The Morgan fingerprint density at radius 2 is 0.816 bits per heavy atom. The minimum absolute atomic E-state index is 0.512. The zero-order chi connectivity index (χ0) is 32.3. The number of benzene rings is 5. The maximum atomic E-state index is 5.20. The van der Waals surface area contributed by atoms with Gasteiger partial charge < -0.3 is 4.57 Å². The van der Waals surface area contributed by atoms with Gasteiger partial charge in [0.05, 0.1) is 22.1 Å². The first-order valence-electron chi connectivity index (χ1n) is 16.0. The standard InChI is InChI=1S/C40H25N9/c1-4-14-26(15-5-1)37-44-38(27-16-6-2-7-17-27)46-40(45-37)49-32-23-13-11-21-30(32)34-36(49)35-33(47(34)28-18-8-3-9-19-28)29-20-10-12-22-31(29)48(35)39-42-24-41-25-43-39/h1-25H. The summed E-state index contributed by atoms with van der Waals surface area (Å²) < 4.78 is 6.64. The molecule has 0 saturated heterocycles. The van der Waals surface area contributed by atoms with Gasteiger partial charge in [0, 0.05) is 27.6 Å². The van der Waals surface area contributed by atoms with Crippen LogP contribution in [0, 0.1) is 0 Å². The van der Waals surface area contributed by atoms with Crippen molar-refractivity contribution in [1.82, 2.24) is 43.6 Å². The highest BCUT2D eigenvalue weighted by atomic mass is 15.2. The molecule has 0 atom stereocenters. The second kappa shape index (κ2) is 10.8. The third-order valence-corrected chi connectivity index (χ3v) is 8.95. The molecule has 10 rings (SSSR count). The lowest BCUT2D eigenvalue weighted by Gasteiger charge is -2.11. The summed E-state index contributed by atoms with van der Waals surface area (Å²) in [6.07, 6.45) is 3.07. The van der Waals surface area contributed by atoms with Crippen LogP contribution in [0.25, 0.3) is 84.2 Å². The van der Waals surface area contributed by atoms with Crippen molar-refractivity contribution >= 4 is 43.9 Å². The van der Waals surface area contributed by atoms with Crippen molar-refractivity contribution in [2.75, 3.05) is 0 Å². The molecule has 0 fully saturated rings.